The van der Waals surface area contributed by atoms with Gasteiger partial charge in [-0.3, -0.25) is 0 Å². The zero-order valence-electron chi connectivity index (χ0n) is 9.48. The minimum atomic E-state index is 0.650. The lowest BCUT2D eigenvalue weighted by Gasteiger charge is -2.06. The van der Waals surface area contributed by atoms with Crippen molar-refractivity contribution in [2.45, 2.75) is 6.42 Å². The molecule has 0 aliphatic rings. The first-order valence-electron chi connectivity index (χ1n) is 5.50. The molecule has 0 saturated carbocycles. The Kier molecular flexibility index (Phi) is 3.37. The lowest BCUT2D eigenvalue weighted by molar-refractivity contribution is 1.05. The minimum Gasteiger partial charge on any atom is -0.370 e. The maximum atomic E-state index is 9.11. The fourth-order valence-electron chi connectivity index (χ4n) is 1.66. The van der Waals surface area contributed by atoms with Crippen molar-refractivity contribution in [3.05, 3.63) is 48.6 Å². The van der Waals surface area contributed by atoms with E-state index >= 15 is 0 Å². The van der Waals surface area contributed by atoms with Gasteiger partial charge in [0.05, 0.1) is 17.1 Å². The third-order valence-electron chi connectivity index (χ3n) is 2.49. The summed E-state index contributed by atoms with van der Waals surface area (Å²) in [6.45, 7) is 4.44. The number of nitrogens with one attached hydrogen (secondary N) is 1. The monoisotopic (exact) mass is 223 g/mol. The van der Waals surface area contributed by atoms with Crippen LogP contribution in [0.2, 0.25) is 0 Å². The van der Waals surface area contributed by atoms with Crippen molar-refractivity contribution in [1.29, 1.82) is 5.26 Å². The minimum absolute atomic E-state index is 0.650. The molecule has 0 aliphatic heterocycles. The number of fused-ring (bicyclic) bond motifs is 1. The number of hydrogen-bond acceptors (Lipinski definition) is 3. The first-order valence-corrected chi connectivity index (χ1v) is 5.50. The van der Waals surface area contributed by atoms with Gasteiger partial charge in [0, 0.05) is 11.9 Å². The second-order valence-electron chi connectivity index (χ2n) is 3.69. The lowest BCUT2D eigenvalue weighted by atomic mass is 10.1. The van der Waals surface area contributed by atoms with Crippen molar-refractivity contribution in [3.63, 3.8) is 0 Å². The van der Waals surface area contributed by atoms with Crippen molar-refractivity contribution in [3.8, 4) is 6.07 Å². The lowest BCUT2D eigenvalue weighted by Crippen LogP contribution is -2.02. The van der Waals surface area contributed by atoms with Crippen LogP contribution in [-0.2, 0) is 0 Å². The van der Waals surface area contributed by atoms with Crippen molar-refractivity contribution in [1.82, 2.24) is 4.98 Å². The number of pyridine rings is 1. The van der Waals surface area contributed by atoms with Gasteiger partial charge in [-0.1, -0.05) is 24.3 Å². The van der Waals surface area contributed by atoms with Gasteiger partial charge in [-0.2, -0.15) is 5.26 Å². The van der Waals surface area contributed by atoms with E-state index in [9.17, 15) is 0 Å². The second kappa shape index (κ2) is 5.13. The van der Waals surface area contributed by atoms with Gasteiger partial charge in [-0.15, -0.1) is 6.58 Å². The quantitative estimate of drug-likeness (QED) is 0.640. The summed E-state index contributed by atoms with van der Waals surface area (Å²) in [5, 5.41) is 13.2. The number of aromatic nitrogens is 1. The van der Waals surface area contributed by atoms with Crippen LogP contribution in [0.15, 0.2) is 43.0 Å². The average molecular weight is 223 g/mol. The van der Waals surface area contributed by atoms with Gasteiger partial charge in [-0.25, -0.2) is 4.98 Å². The molecule has 3 heteroatoms. The normalized spacial score (nSPS) is 9.82. The SMILES string of the molecule is C=CCCNc1cc(C#N)c2ccccc2n1. The number of benzene rings is 1. The Labute approximate surface area is 100 Å². The predicted molar refractivity (Wildman–Crippen MR) is 69.8 cm³/mol. The van der Waals surface area contributed by atoms with Crippen molar-refractivity contribution >= 4 is 16.7 Å². The smallest absolute Gasteiger partial charge is 0.127 e. The molecule has 0 fully saturated rings. The Morgan fingerprint density at radius 3 is 3.00 bits per heavy atom. The standard InChI is InChI=1S/C14H13N3/c1-2-3-8-16-14-9-11(10-15)12-6-4-5-7-13(12)17-14/h2,4-7,9H,1,3,8H2,(H,16,17). The number of anilines is 1. The van der Waals surface area contributed by atoms with Crippen LogP contribution >= 0.6 is 0 Å². The molecule has 0 radical (unpaired) electrons. The van der Waals surface area contributed by atoms with Gasteiger partial charge in [0.2, 0.25) is 0 Å². The van der Waals surface area contributed by atoms with Gasteiger partial charge < -0.3 is 5.32 Å². The predicted octanol–water partition coefficient (Wildman–Crippen LogP) is 3.09. The maximum absolute atomic E-state index is 9.11. The molecule has 0 atom stereocenters. The number of hydrogen-bond donors (Lipinski definition) is 1. The van der Waals surface area contributed by atoms with E-state index in [1.807, 2.05) is 30.3 Å². The Balaban J connectivity index is 2.39. The molecule has 2 aromatic rings. The summed E-state index contributed by atoms with van der Waals surface area (Å²) in [7, 11) is 0. The van der Waals surface area contributed by atoms with Crippen molar-refractivity contribution < 1.29 is 0 Å². The summed E-state index contributed by atoms with van der Waals surface area (Å²) in [4.78, 5) is 4.46. The Bertz CT molecular complexity index is 582. The van der Waals surface area contributed by atoms with Crippen LogP contribution in [0.1, 0.15) is 12.0 Å². The summed E-state index contributed by atoms with van der Waals surface area (Å²) in [6.07, 6.45) is 2.72. The van der Waals surface area contributed by atoms with E-state index in [4.69, 9.17) is 5.26 Å². The largest absolute Gasteiger partial charge is 0.370 e. The third kappa shape index (κ3) is 2.43. The summed E-state index contributed by atoms with van der Waals surface area (Å²) in [5.41, 5.74) is 1.49. The van der Waals surface area contributed by atoms with E-state index in [0.717, 1.165) is 29.7 Å². The first kappa shape index (κ1) is 11.2. The van der Waals surface area contributed by atoms with Crippen molar-refractivity contribution in [2.24, 2.45) is 0 Å². The summed E-state index contributed by atoms with van der Waals surface area (Å²) in [6, 6.07) is 11.6. The number of rotatable bonds is 4. The van der Waals surface area contributed by atoms with E-state index in [-0.39, 0.29) is 0 Å². The number of nitriles is 1. The summed E-state index contributed by atoms with van der Waals surface area (Å²) >= 11 is 0. The first-order chi connectivity index (χ1) is 8.35. The molecule has 0 aliphatic carbocycles. The van der Waals surface area contributed by atoms with E-state index in [0.29, 0.717) is 5.56 Å². The molecule has 0 saturated heterocycles. The molecule has 0 spiro atoms. The van der Waals surface area contributed by atoms with Crippen LogP contribution < -0.4 is 5.32 Å². The molecule has 0 amide bonds. The summed E-state index contributed by atoms with van der Waals surface area (Å²) < 4.78 is 0. The van der Waals surface area contributed by atoms with E-state index in [2.05, 4.69) is 22.9 Å². The molecule has 1 aromatic carbocycles. The van der Waals surface area contributed by atoms with E-state index < -0.39 is 0 Å². The molecule has 1 heterocycles. The highest BCUT2D eigenvalue weighted by Gasteiger charge is 2.03. The maximum Gasteiger partial charge on any atom is 0.127 e. The highest BCUT2D eigenvalue weighted by Crippen LogP contribution is 2.19. The van der Waals surface area contributed by atoms with Crippen LogP contribution in [0.4, 0.5) is 5.82 Å². The van der Waals surface area contributed by atoms with Gasteiger partial charge >= 0.3 is 0 Å². The molecular formula is C14H13N3. The number of para-hydroxylation sites is 1. The molecule has 3 nitrogen and oxygen atoms in total. The Morgan fingerprint density at radius 1 is 1.41 bits per heavy atom. The fraction of sp³-hybridized carbons (Fsp3) is 0.143. The molecular weight excluding hydrogens is 210 g/mol. The third-order valence-corrected chi connectivity index (χ3v) is 2.49. The Morgan fingerprint density at radius 2 is 2.24 bits per heavy atom. The van der Waals surface area contributed by atoms with Crippen molar-refractivity contribution in [2.75, 3.05) is 11.9 Å². The summed E-state index contributed by atoms with van der Waals surface area (Å²) in [5.74, 6) is 0.738. The molecule has 84 valence electrons. The second-order valence-corrected chi connectivity index (χ2v) is 3.69. The zero-order valence-corrected chi connectivity index (χ0v) is 9.48. The van der Waals surface area contributed by atoms with Crippen LogP contribution in [0.25, 0.3) is 10.9 Å². The van der Waals surface area contributed by atoms with Crippen LogP contribution in [-0.4, -0.2) is 11.5 Å². The highest BCUT2D eigenvalue weighted by molar-refractivity contribution is 5.86. The van der Waals surface area contributed by atoms with Crippen LogP contribution in [0, 0.1) is 11.3 Å². The van der Waals surface area contributed by atoms with Gasteiger partial charge in [-0.05, 0) is 18.6 Å². The van der Waals surface area contributed by atoms with Crippen LogP contribution in [0.3, 0.4) is 0 Å². The van der Waals surface area contributed by atoms with Gasteiger partial charge in [0.15, 0.2) is 0 Å². The van der Waals surface area contributed by atoms with E-state index in [1.54, 1.807) is 6.07 Å². The number of nitrogens with zero attached hydrogens (tertiary/aromatic N) is 2. The van der Waals surface area contributed by atoms with Gasteiger partial charge in [0.25, 0.3) is 0 Å². The van der Waals surface area contributed by atoms with Crippen LogP contribution in [0.5, 0.6) is 0 Å². The average Bonchev–Trinajstić information content (AvgIpc) is 2.38. The molecule has 0 unspecified atom stereocenters. The molecule has 17 heavy (non-hydrogen) atoms. The molecule has 0 bridgehead atoms. The fourth-order valence-corrected chi connectivity index (χ4v) is 1.66. The molecule has 1 N–H and O–H groups in total. The zero-order chi connectivity index (χ0) is 12.1. The molecule has 2 rings (SSSR count). The van der Waals surface area contributed by atoms with E-state index in [1.165, 1.54) is 0 Å². The topological polar surface area (TPSA) is 48.7 Å². The highest BCUT2D eigenvalue weighted by atomic mass is 15.0. The van der Waals surface area contributed by atoms with Gasteiger partial charge in [0.1, 0.15) is 5.82 Å². The molecule has 1 aromatic heterocycles. The Hall–Kier alpha value is -2.34.